The van der Waals surface area contributed by atoms with Crippen molar-refractivity contribution in [2.45, 2.75) is 12.3 Å². The number of fused-ring (bicyclic) bond motifs is 10. The van der Waals surface area contributed by atoms with Crippen molar-refractivity contribution in [3.05, 3.63) is 59.0 Å². The third-order valence-electron chi connectivity index (χ3n) is 7.28. The number of aromatic hydroxyl groups is 2. The molecule has 5 aromatic rings. The Kier molecular flexibility index (Phi) is 7.61. The smallest absolute Gasteiger partial charge is 0.276 e. The molecule has 226 valence electrons. The Morgan fingerprint density at radius 1 is 0.884 bits per heavy atom. The second kappa shape index (κ2) is 11.1. The van der Waals surface area contributed by atoms with E-state index in [1.165, 1.54) is 36.4 Å². The van der Waals surface area contributed by atoms with Crippen LogP contribution in [0.4, 0.5) is 0 Å². The number of aromatic nitrogens is 2. The number of hydrogen-bond donors (Lipinski definition) is 11. The van der Waals surface area contributed by atoms with Crippen LogP contribution in [-0.2, 0) is 0 Å². The van der Waals surface area contributed by atoms with Crippen molar-refractivity contribution < 1.29 is 55.5 Å². The normalized spacial score (nSPS) is 14.6. The predicted molar refractivity (Wildman–Crippen MR) is 152 cm³/mol. The molecule has 0 aliphatic carbocycles. The first-order valence-electron chi connectivity index (χ1n) is 12.8. The first-order valence-corrected chi connectivity index (χ1v) is 12.8. The Balaban J connectivity index is 0.00000180. The van der Waals surface area contributed by atoms with Gasteiger partial charge in [-0.2, -0.15) is 0 Å². The lowest BCUT2D eigenvalue weighted by Gasteiger charge is -2.20. The Hall–Kier alpha value is -4.90. The molecule has 1 atom stereocenters. The number of rotatable bonds is 7. The minimum absolute atomic E-state index is 0.0452. The number of imide groups is 1. The lowest BCUT2D eigenvalue weighted by atomic mass is 9.96. The number of nitrogens with one attached hydrogen (secondary N) is 2. The quantitative estimate of drug-likeness (QED) is 0.0918. The fourth-order valence-electron chi connectivity index (χ4n) is 5.46. The SMILES string of the molecule is CO.O=C1c2c(c3c4ccc(O)cc4n(C(O)/C(O)=C(/O)CO)c3c3[nH]c4cc(O)ccc4c23)C(=O)N1NC(CO)CO. The summed E-state index contributed by atoms with van der Waals surface area (Å²) in [6.45, 7) is -2.18. The van der Waals surface area contributed by atoms with Gasteiger partial charge in [-0.05, 0) is 24.3 Å². The number of hydrazine groups is 1. The van der Waals surface area contributed by atoms with Gasteiger partial charge in [-0.1, -0.05) is 0 Å². The summed E-state index contributed by atoms with van der Waals surface area (Å²) in [7, 11) is 1.00. The summed E-state index contributed by atoms with van der Waals surface area (Å²) >= 11 is 0. The lowest BCUT2D eigenvalue weighted by molar-refractivity contribution is 0.0458. The van der Waals surface area contributed by atoms with E-state index < -0.39 is 55.4 Å². The zero-order chi connectivity index (χ0) is 31.3. The van der Waals surface area contributed by atoms with Gasteiger partial charge >= 0.3 is 0 Å². The van der Waals surface area contributed by atoms with Crippen molar-refractivity contribution >= 4 is 55.4 Å². The number of aromatic amines is 1. The molecular formula is C28H28N4O11. The summed E-state index contributed by atoms with van der Waals surface area (Å²) in [6, 6.07) is 7.27. The Morgan fingerprint density at radius 3 is 2.07 bits per heavy atom. The van der Waals surface area contributed by atoms with E-state index in [1.54, 1.807) is 0 Å². The predicted octanol–water partition coefficient (Wildman–Crippen LogP) is 0.713. The fraction of sp³-hybridized carbons (Fsp3) is 0.214. The number of carbonyl (C=O) groups excluding carboxylic acids is 2. The topological polar surface area (TPSA) is 252 Å². The highest BCUT2D eigenvalue weighted by atomic mass is 16.4. The molecule has 0 fully saturated rings. The van der Waals surface area contributed by atoms with Gasteiger partial charge in [0.25, 0.3) is 11.8 Å². The average Bonchev–Trinajstić information content (AvgIpc) is 3.62. The number of aliphatic hydroxyl groups is 7. The average molecular weight is 597 g/mol. The van der Waals surface area contributed by atoms with Crippen LogP contribution in [0.1, 0.15) is 26.9 Å². The molecular weight excluding hydrogens is 568 g/mol. The molecule has 0 radical (unpaired) electrons. The highest BCUT2D eigenvalue weighted by Gasteiger charge is 2.43. The highest BCUT2D eigenvalue weighted by Crippen LogP contribution is 2.46. The number of H-pyrrole nitrogens is 1. The number of phenols is 2. The summed E-state index contributed by atoms with van der Waals surface area (Å²) in [6.07, 6.45) is -2.03. The highest BCUT2D eigenvalue weighted by molar-refractivity contribution is 6.39. The van der Waals surface area contributed by atoms with Crippen LogP contribution in [0.3, 0.4) is 0 Å². The lowest BCUT2D eigenvalue weighted by Crippen LogP contribution is -2.50. The van der Waals surface area contributed by atoms with Crippen LogP contribution in [0.25, 0.3) is 43.6 Å². The number of benzene rings is 3. The maximum atomic E-state index is 13.9. The van der Waals surface area contributed by atoms with E-state index in [0.29, 0.717) is 15.9 Å². The van der Waals surface area contributed by atoms with Crippen LogP contribution in [-0.4, -0.2) is 105 Å². The minimum atomic E-state index is -2.03. The van der Waals surface area contributed by atoms with E-state index in [9.17, 15) is 50.4 Å². The number of nitrogens with zero attached hydrogens (tertiary/aromatic N) is 2. The van der Waals surface area contributed by atoms with E-state index in [1.807, 2.05) is 0 Å². The second-order valence-corrected chi connectivity index (χ2v) is 9.65. The van der Waals surface area contributed by atoms with Gasteiger partial charge in [0.2, 0.25) is 0 Å². The van der Waals surface area contributed by atoms with Crippen molar-refractivity contribution in [3.8, 4) is 11.5 Å². The van der Waals surface area contributed by atoms with Gasteiger partial charge in [-0.3, -0.25) is 9.59 Å². The fourth-order valence-corrected chi connectivity index (χ4v) is 5.46. The molecule has 1 aliphatic rings. The number of phenolic OH excluding ortho intramolecular Hbond substituents is 2. The number of hydrogen-bond acceptors (Lipinski definition) is 12. The van der Waals surface area contributed by atoms with Crippen LogP contribution < -0.4 is 5.43 Å². The second-order valence-electron chi connectivity index (χ2n) is 9.65. The summed E-state index contributed by atoms with van der Waals surface area (Å²) in [4.78, 5) is 30.8. The van der Waals surface area contributed by atoms with Crippen LogP contribution in [0.5, 0.6) is 11.5 Å². The first-order chi connectivity index (χ1) is 20.6. The molecule has 2 amide bonds. The molecule has 1 aliphatic heterocycles. The summed E-state index contributed by atoms with van der Waals surface area (Å²) in [5.41, 5.74) is 3.14. The van der Waals surface area contributed by atoms with Gasteiger partial charge in [0.05, 0.1) is 52.4 Å². The first kappa shape index (κ1) is 29.6. The molecule has 0 saturated heterocycles. The van der Waals surface area contributed by atoms with E-state index >= 15 is 0 Å². The van der Waals surface area contributed by atoms with E-state index in [0.717, 1.165) is 11.7 Å². The third-order valence-corrected chi connectivity index (χ3v) is 7.28. The Bertz CT molecular complexity index is 1960. The standard InChI is InChI=1S/C27H24N4O10.CH4O/c32-7-10(8-33)29-31-25(39)20-18-13-3-1-11(35)5-15(13)28-22(18)23-19(21(20)26(31)40)14-4-2-12(36)6-16(14)30(23)27(41)24(38)17(37)9-34;1-2/h1-6,10,27-29,32-38,41H,7-9H2;2H,1H3/b24-17-;. The number of amides is 2. The van der Waals surface area contributed by atoms with Gasteiger partial charge in [0, 0.05) is 40.8 Å². The summed E-state index contributed by atoms with van der Waals surface area (Å²) in [5.74, 6) is -3.90. The Morgan fingerprint density at radius 2 is 1.47 bits per heavy atom. The van der Waals surface area contributed by atoms with Crippen LogP contribution >= 0.6 is 0 Å². The van der Waals surface area contributed by atoms with Crippen LogP contribution in [0.15, 0.2) is 47.9 Å². The Labute approximate surface area is 240 Å². The van der Waals surface area contributed by atoms with Gasteiger partial charge in [-0.25, -0.2) is 10.4 Å². The molecule has 0 saturated carbocycles. The van der Waals surface area contributed by atoms with Crippen molar-refractivity contribution in [3.63, 3.8) is 0 Å². The summed E-state index contributed by atoms with van der Waals surface area (Å²) < 4.78 is 1.13. The monoisotopic (exact) mass is 596 g/mol. The van der Waals surface area contributed by atoms with Gasteiger partial charge in [-0.15, -0.1) is 0 Å². The van der Waals surface area contributed by atoms with Crippen LogP contribution in [0, 0.1) is 0 Å². The van der Waals surface area contributed by atoms with E-state index in [2.05, 4.69) is 10.4 Å². The van der Waals surface area contributed by atoms with Crippen molar-refractivity contribution in [2.24, 2.45) is 0 Å². The molecule has 6 rings (SSSR count). The number of aliphatic hydroxyl groups excluding tert-OH is 7. The molecule has 0 spiro atoms. The van der Waals surface area contributed by atoms with Crippen molar-refractivity contribution in [1.29, 1.82) is 0 Å². The molecule has 2 aromatic heterocycles. The third kappa shape index (κ3) is 4.30. The zero-order valence-corrected chi connectivity index (χ0v) is 22.5. The number of carbonyl (C=O) groups is 2. The van der Waals surface area contributed by atoms with Gasteiger partial charge in [0.1, 0.15) is 18.1 Å². The van der Waals surface area contributed by atoms with E-state index in [-0.39, 0.29) is 55.3 Å². The molecule has 1 unspecified atom stereocenters. The zero-order valence-electron chi connectivity index (χ0n) is 22.5. The molecule has 11 N–H and O–H groups in total. The van der Waals surface area contributed by atoms with Gasteiger partial charge < -0.3 is 55.5 Å². The largest absolute Gasteiger partial charge is 0.508 e. The maximum Gasteiger partial charge on any atom is 0.276 e. The summed E-state index contributed by atoms with van der Waals surface area (Å²) in [5, 5.41) is 89.6. The minimum Gasteiger partial charge on any atom is -0.508 e. The molecule has 15 heteroatoms. The maximum absolute atomic E-state index is 13.9. The van der Waals surface area contributed by atoms with E-state index in [4.69, 9.17) is 5.11 Å². The van der Waals surface area contributed by atoms with Gasteiger partial charge in [0.15, 0.2) is 17.7 Å². The molecule has 43 heavy (non-hydrogen) atoms. The molecule has 15 nitrogen and oxygen atoms in total. The van der Waals surface area contributed by atoms with Crippen LogP contribution in [0.2, 0.25) is 0 Å². The van der Waals surface area contributed by atoms with Crippen molar-refractivity contribution in [2.75, 3.05) is 26.9 Å². The molecule has 3 heterocycles. The van der Waals surface area contributed by atoms with Crippen molar-refractivity contribution in [1.82, 2.24) is 20.0 Å². The molecule has 3 aromatic carbocycles. The molecule has 0 bridgehead atoms.